The molecule has 2 aliphatic rings. The van der Waals surface area contributed by atoms with E-state index in [1.165, 1.54) is 0 Å². The Hall–Kier alpha value is -2.54. The molecule has 1 fully saturated rings. The summed E-state index contributed by atoms with van der Waals surface area (Å²) in [6.45, 7) is -0.219. The number of para-hydroxylation sites is 1. The molecule has 126 valence electrons. The number of nitrogens with one attached hydrogen (secondary N) is 1. The van der Waals surface area contributed by atoms with Gasteiger partial charge in [-0.2, -0.15) is 0 Å². The molecule has 1 aromatic carbocycles. The number of benzene rings is 1. The summed E-state index contributed by atoms with van der Waals surface area (Å²) in [5, 5.41) is 11.9. The van der Waals surface area contributed by atoms with Crippen molar-refractivity contribution in [1.29, 1.82) is 0 Å². The van der Waals surface area contributed by atoms with Gasteiger partial charge >= 0.3 is 5.97 Å². The van der Waals surface area contributed by atoms with Gasteiger partial charge in [-0.3, -0.25) is 14.5 Å². The molecule has 8 heteroatoms. The van der Waals surface area contributed by atoms with E-state index in [-0.39, 0.29) is 23.4 Å². The number of ether oxygens (including phenoxy) is 1. The molecule has 2 amide bonds. The Labute approximate surface area is 142 Å². The molecular formula is C16H15ClN2O5. The summed E-state index contributed by atoms with van der Waals surface area (Å²) in [4.78, 5) is 36.5. The van der Waals surface area contributed by atoms with Crippen LogP contribution in [0.2, 0.25) is 0 Å². The predicted octanol–water partition coefficient (Wildman–Crippen LogP) is 1.09. The Bertz CT molecular complexity index is 718. The molecule has 2 heterocycles. The van der Waals surface area contributed by atoms with Gasteiger partial charge in [0.1, 0.15) is 17.5 Å². The first-order chi connectivity index (χ1) is 11.5. The van der Waals surface area contributed by atoms with Crippen LogP contribution in [-0.2, 0) is 14.4 Å². The molecule has 2 atom stereocenters. The van der Waals surface area contributed by atoms with Crippen LogP contribution in [0, 0.1) is 0 Å². The molecule has 1 saturated heterocycles. The third-order valence-electron chi connectivity index (χ3n) is 4.01. The number of β-lactam (4-membered cyclic amide) rings is 1. The molecule has 2 N–H and O–H groups in total. The van der Waals surface area contributed by atoms with Gasteiger partial charge in [0.15, 0.2) is 6.61 Å². The molecule has 0 bridgehead atoms. The van der Waals surface area contributed by atoms with Crippen LogP contribution in [0.15, 0.2) is 41.1 Å². The molecule has 0 aliphatic carbocycles. The molecular weight excluding hydrogens is 336 g/mol. The molecule has 0 radical (unpaired) electrons. The highest BCUT2D eigenvalue weighted by Crippen LogP contribution is 2.37. The van der Waals surface area contributed by atoms with E-state index in [4.69, 9.17) is 16.3 Å². The van der Waals surface area contributed by atoms with Gasteiger partial charge in [-0.1, -0.05) is 29.8 Å². The number of hydrogen-bond donors (Lipinski definition) is 2. The zero-order valence-electron chi connectivity index (χ0n) is 12.6. The van der Waals surface area contributed by atoms with Crippen molar-refractivity contribution in [3.05, 3.63) is 41.1 Å². The molecule has 24 heavy (non-hydrogen) atoms. The van der Waals surface area contributed by atoms with Crippen molar-refractivity contribution in [1.82, 2.24) is 10.2 Å². The lowest BCUT2D eigenvalue weighted by Crippen LogP contribution is -2.71. The smallest absolute Gasteiger partial charge is 0.353 e. The number of carbonyl (C=O) groups excluding carboxylic acids is 2. The fourth-order valence-corrected chi connectivity index (χ4v) is 3.18. The Morgan fingerprint density at radius 1 is 1.33 bits per heavy atom. The van der Waals surface area contributed by atoms with Crippen LogP contribution in [0.1, 0.15) is 12.8 Å². The Morgan fingerprint density at radius 2 is 2.04 bits per heavy atom. The van der Waals surface area contributed by atoms with E-state index in [0.717, 1.165) is 4.90 Å². The first-order valence-electron chi connectivity index (χ1n) is 7.41. The lowest BCUT2D eigenvalue weighted by Gasteiger charge is -2.49. The van der Waals surface area contributed by atoms with Crippen LogP contribution in [0.5, 0.6) is 5.75 Å². The van der Waals surface area contributed by atoms with Crippen LogP contribution < -0.4 is 10.1 Å². The van der Waals surface area contributed by atoms with E-state index < -0.39 is 23.8 Å². The standard InChI is InChI=1S/C16H15ClN2O5/c17-10-6-7-11-13(15(21)19(11)14(10)16(22)23)18-12(20)8-24-9-4-2-1-3-5-9/h1-5,11,13H,6-8H2,(H,18,20)(H,22,23)/t11-,13-/m0/s1. The molecule has 7 nitrogen and oxygen atoms in total. The van der Waals surface area contributed by atoms with Crippen molar-refractivity contribution in [3.8, 4) is 5.75 Å². The van der Waals surface area contributed by atoms with E-state index in [0.29, 0.717) is 18.6 Å². The minimum Gasteiger partial charge on any atom is -0.484 e. The normalized spacial score (nSPS) is 22.5. The molecule has 0 aromatic heterocycles. The number of carboxylic acids is 1. The SMILES string of the molecule is O=C(COc1ccccc1)N[C@@H]1C(=O)N2C(C(=O)O)=C(Cl)CC[C@@H]12. The zero-order chi connectivity index (χ0) is 17.3. The lowest BCUT2D eigenvalue weighted by molar-refractivity contribution is -0.156. The number of carboxylic acid groups (broad SMARTS) is 1. The molecule has 3 rings (SSSR count). The number of carbonyl (C=O) groups is 3. The van der Waals surface area contributed by atoms with Crippen LogP contribution in [0.4, 0.5) is 0 Å². The van der Waals surface area contributed by atoms with Crippen molar-refractivity contribution in [2.75, 3.05) is 6.61 Å². The third-order valence-corrected chi connectivity index (χ3v) is 4.38. The number of aliphatic carboxylic acids is 1. The van der Waals surface area contributed by atoms with Gasteiger partial charge in [0.05, 0.1) is 6.04 Å². The van der Waals surface area contributed by atoms with Gasteiger partial charge in [-0.05, 0) is 25.0 Å². The predicted molar refractivity (Wildman–Crippen MR) is 84.3 cm³/mol. The zero-order valence-corrected chi connectivity index (χ0v) is 13.3. The topological polar surface area (TPSA) is 95.9 Å². The van der Waals surface area contributed by atoms with Gasteiger partial charge in [-0.25, -0.2) is 4.79 Å². The third kappa shape index (κ3) is 2.94. The molecule has 2 aliphatic heterocycles. The number of amides is 2. The number of halogens is 1. The summed E-state index contributed by atoms with van der Waals surface area (Å²) in [5.74, 6) is -1.59. The van der Waals surface area contributed by atoms with Crippen LogP contribution in [0.3, 0.4) is 0 Å². The number of hydrogen-bond acceptors (Lipinski definition) is 4. The van der Waals surface area contributed by atoms with Gasteiger partial charge in [0.2, 0.25) is 0 Å². The van der Waals surface area contributed by atoms with E-state index in [1.807, 2.05) is 6.07 Å². The highest BCUT2D eigenvalue weighted by atomic mass is 35.5. The van der Waals surface area contributed by atoms with Crippen LogP contribution in [0.25, 0.3) is 0 Å². The molecule has 0 unspecified atom stereocenters. The number of nitrogens with zero attached hydrogens (tertiary/aromatic N) is 1. The van der Waals surface area contributed by atoms with Crippen molar-refractivity contribution >= 4 is 29.4 Å². The summed E-state index contributed by atoms with van der Waals surface area (Å²) in [7, 11) is 0. The second-order valence-corrected chi connectivity index (χ2v) is 5.98. The number of rotatable bonds is 5. The minimum atomic E-state index is -1.24. The second kappa shape index (κ2) is 6.52. The summed E-state index contributed by atoms with van der Waals surface area (Å²) < 4.78 is 5.32. The fraction of sp³-hybridized carbons (Fsp3) is 0.312. The maximum Gasteiger partial charge on any atom is 0.353 e. The van der Waals surface area contributed by atoms with E-state index >= 15 is 0 Å². The van der Waals surface area contributed by atoms with Gasteiger partial charge < -0.3 is 15.2 Å². The summed E-state index contributed by atoms with van der Waals surface area (Å²) in [6, 6.07) is 7.71. The molecule has 0 saturated carbocycles. The van der Waals surface area contributed by atoms with Crippen LogP contribution >= 0.6 is 11.6 Å². The van der Waals surface area contributed by atoms with Crippen molar-refractivity contribution in [3.63, 3.8) is 0 Å². The first kappa shape index (κ1) is 16.3. The van der Waals surface area contributed by atoms with E-state index in [2.05, 4.69) is 5.32 Å². The monoisotopic (exact) mass is 350 g/mol. The quantitative estimate of drug-likeness (QED) is 0.775. The first-order valence-corrected chi connectivity index (χ1v) is 7.79. The van der Waals surface area contributed by atoms with Gasteiger partial charge in [-0.15, -0.1) is 0 Å². The molecule has 1 aromatic rings. The summed E-state index contributed by atoms with van der Waals surface area (Å²) >= 11 is 5.91. The largest absolute Gasteiger partial charge is 0.484 e. The highest BCUT2D eigenvalue weighted by molar-refractivity contribution is 6.32. The average molecular weight is 351 g/mol. The number of allylic oxidation sites excluding steroid dienone is 1. The minimum absolute atomic E-state index is 0.157. The summed E-state index contributed by atoms with van der Waals surface area (Å²) in [5.41, 5.74) is -0.191. The van der Waals surface area contributed by atoms with E-state index in [9.17, 15) is 19.5 Å². The van der Waals surface area contributed by atoms with Crippen molar-refractivity contribution in [2.45, 2.75) is 24.9 Å². The lowest BCUT2D eigenvalue weighted by atomic mass is 9.86. The van der Waals surface area contributed by atoms with Crippen molar-refractivity contribution < 1.29 is 24.2 Å². The average Bonchev–Trinajstić information content (AvgIpc) is 2.58. The summed E-state index contributed by atoms with van der Waals surface area (Å²) in [6.07, 6.45) is 0.871. The van der Waals surface area contributed by atoms with Gasteiger partial charge in [0, 0.05) is 5.03 Å². The fourth-order valence-electron chi connectivity index (χ4n) is 2.90. The van der Waals surface area contributed by atoms with E-state index in [1.54, 1.807) is 24.3 Å². The Kier molecular flexibility index (Phi) is 4.44. The van der Waals surface area contributed by atoms with Crippen molar-refractivity contribution in [2.24, 2.45) is 0 Å². The number of fused-ring (bicyclic) bond motifs is 1. The highest BCUT2D eigenvalue weighted by Gasteiger charge is 2.53. The van der Waals surface area contributed by atoms with Crippen LogP contribution in [-0.4, -0.2) is 46.5 Å². The Balaban J connectivity index is 1.59. The maximum absolute atomic E-state index is 12.2. The Morgan fingerprint density at radius 3 is 2.71 bits per heavy atom. The maximum atomic E-state index is 12.2. The van der Waals surface area contributed by atoms with Gasteiger partial charge in [0.25, 0.3) is 11.8 Å². The molecule has 0 spiro atoms. The second-order valence-electron chi connectivity index (χ2n) is 5.52.